The Bertz CT molecular complexity index is 442. The number of hydrogen-bond acceptors (Lipinski definition) is 2. The van der Waals surface area contributed by atoms with Crippen molar-refractivity contribution in [3.63, 3.8) is 0 Å². The lowest BCUT2D eigenvalue weighted by molar-refractivity contribution is -0.117. The number of carbonyl (C=O) groups excluding carboxylic acids is 1. The van der Waals surface area contributed by atoms with E-state index in [0.29, 0.717) is 6.42 Å². The average Bonchev–Trinajstić information content (AvgIpc) is 2.52. The summed E-state index contributed by atoms with van der Waals surface area (Å²) in [6, 6.07) is 6.11. The molecule has 0 spiro atoms. The molecule has 1 saturated heterocycles. The summed E-state index contributed by atoms with van der Waals surface area (Å²) in [5.74, 6) is 0.0851. The van der Waals surface area contributed by atoms with E-state index in [-0.39, 0.29) is 23.2 Å². The molecule has 1 aliphatic heterocycles. The van der Waals surface area contributed by atoms with Crippen LogP contribution in [0.25, 0.3) is 0 Å². The van der Waals surface area contributed by atoms with E-state index in [1.807, 2.05) is 7.05 Å². The second-order valence-corrected chi connectivity index (χ2v) is 5.32. The van der Waals surface area contributed by atoms with Crippen LogP contribution in [0.2, 0.25) is 0 Å². The van der Waals surface area contributed by atoms with Gasteiger partial charge in [-0.1, -0.05) is 0 Å². The van der Waals surface area contributed by atoms with Crippen LogP contribution in [0.1, 0.15) is 20.3 Å². The van der Waals surface area contributed by atoms with Crippen LogP contribution < -0.4 is 10.2 Å². The Balaban J connectivity index is 2.32. The van der Waals surface area contributed by atoms with Crippen molar-refractivity contribution in [1.82, 2.24) is 5.32 Å². The SMILES string of the molecule is CNCC1CC(=O)N(c2ccc(F)cc2)C1(C)C. The number of halogens is 1. The molecule has 1 fully saturated rings. The van der Waals surface area contributed by atoms with Crippen molar-refractivity contribution in [2.45, 2.75) is 25.8 Å². The van der Waals surface area contributed by atoms with Gasteiger partial charge in [0.2, 0.25) is 5.91 Å². The van der Waals surface area contributed by atoms with Crippen LogP contribution in [-0.2, 0) is 4.79 Å². The highest BCUT2D eigenvalue weighted by Gasteiger charge is 2.46. The minimum atomic E-state index is -0.282. The first-order valence-corrected chi connectivity index (χ1v) is 6.20. The summed E-state index contributed by atoms with van der Waals surface area (Å²) >= 11 is 0. The standard InChI is InChI=1S/C14H19FN2O/c1-14(2)10(9-16-3)8-13(18)17(14)12-6-4-11(15)5-7-12/h4-7,10,16H,8-9H2,1-3H3. The molecule has 1 aromatic rings. The molecular formula is C14H19FN2O. The number of amides is 1. The summed E-state index contributed by atoms with van der Waals surface area (Å²) < 4.78 is 12.9. The maximum absolute atomic E-state index is 12.9. The zero-order valence-corrected chi connectivity index (χ0v) is 11.0. The number of nitrogens with zero attached hydrogens (tertiary/aromatic N) is 1. The number of nitrogens with one attached hydrogen (secondary N) is 1. The van der Waals surface area contributed by atoms with Crippen LogP contribution in [0.3, 0.4) is 0 Å². The van der Waals surface area contributed by atoms with Crippen molar-refractivity contribution >= 4 is 11.6 Å². The Morgan fingerprint density at radius 2 is 2.00 bits per heavy atom. The van der Waals surface area contributed by atoms with Crippen LogP contribution >= 0.6 is 0 Å². The number of benzene rings is 1. The summed E-state index contributed by atoms with van der Waals surface area (Å²) in [6.45, 7) is 4.92. The summed E-state index contributed by atoms with van der Waals surface area (Å²) in [5.41, 5.74) is 0.516. The fourth-order valence-corrected chi connectivity index (χ4v) is 2.69. The van der Waals surface area contributed by atoms with Crippen molar-refractivity contribution in [1.29, 1.82) is 0 Å². The lowest BCUT2D eigenvalue weighted by Crippen LogP contribution is -2.46. The molecule has 0 bridgehead atoms. The Morgan fingerprint density at radius 3 is 2.56 bits per heavy atom. The Kier molecular flexibility index (Phi) is 3.39. The largest absolute Gasteiger partial charge is 0.319 e. The van der Waals surface area contributed by atoms with Crippen LogP contribution in [0, 0.1) is 11.7 Å². The third-order valence-corrected chi connectivity index (χ3v) is 3.78. The van der Waals surface area contributed by atoms with Gasteiger partial charge in [0.25, 0.3) is 0 Å². The Morgan fingerprint density at radius 1 is 1.39 bits per heavy atom. The molecule has 0 aliphatic carbocycles. The molecule has 1 N–H and O–H groups in total. The molecule has 1 heterocycles. The zero-order valence-electron chi connectivity index (χ0n) is 11.0. The van der Waals surface area contributed by atoms with E-state index in [2.05, 4.69) is 19.2 Å². The van der Waals surface area contributed by atoms with E-state index in [0.717, 1.165) is 12.2 Å². The van der Waals surface area contributed by atoms with Gasteiger partial charge in [-0.25, -0.2) is 4.39 Å². The van der Waals surface area contributed by atoms with Gasteiger partial charge in [-0.05, 0) is 45.2 Å². The van der Waals surface area contributed by atoms with E-state index in [9.17, 15) is 9.18 Å². The Labute approximate surface area is 107 Å². The van der Waals surface area contributed by atoms with Crippen molar-refractivity contribution < 1.29 is 9.18 Å². The van der Waals surface area contributed by atoms with E-state index in [1.54, 1.807) is 17.0 Å². The molecule has 2 rings (SSSR count). The summed E-state index contributed by atoms with van der Waals surface area (Å²) in [4.78, 5) is 14.0. The minimum absolute atomic E-state index is 0.104. The number of rotatable bonds is 3. The van der Waals surface area contributed by atoms with Gasteiger partial charge in [0.15, 0.2) is 0 Å². The van der Waals surface area contributed by atoms with Crippen LogP contribution in [0.4, 0.5) is 10.1 Å². The molecule has 98 valence electrons. The first kappa shape index (κ1) is 13.0. The molecule has 3 nitrogen and oxygen atoms in total. The Hall–Kier alpha value is -1.42. The molecule has 4 heteroatoms. The van der Waals surface area contributed by atoms with E-state index in [4.69, 9.17) is 0 Å². The smallest absolute Gasteiger partial charge is 0.227 e. The van der Waals surface area contributed by atoms with E-state index < -0.39 is 0 Å². The molecule has 1 unspecified atom stereocenters. The molecule has 1 aromatic carbocycles. The van der Waals surface area contributed by atoms with Crippen molar-refractivity contribution in [2.75, 3.05) is 18.5 Å². The van der Waals surface area contributed by atoms with Gasteiger partial charge in [-0.3, -0.25) is 4.79 Å². The maximum Gasteiger partial charge on any atom is 0.227 e. The average molecular weight is 250 g/mol. The fourth-order valence-electron chi connectivity index (χ4n) is 2.69. The number of carbonyl (C=O) groups is 1. The van der Waals surface area contributed by atoms with Gasteiger partial charge < -0.3 is 10.2 Å². The number of hydrogen-bond donors (Lipinski definition) is 1. The van der Waals surface area contributed by atoms with Gasteiger partial charge in [-0.15, -0.1) is 0 Å². The molecule has 0 radical (unpaired) electrons. The van der Waals surface area contributed by atoms with Gasteiger partial charge in [-0.2, -0.15) is 0 Å². The van der Waals surface area contributed by atoms with Crippen LogP contribution in [0.15, 0.2) is 24.3 Å². The van der Waals surface area contributed by atoms with Crippen LogP contribution in [0.5, 0.6) is 0 Å². The summed E-state index contributed by atoms with van der Waals surface area (Å²) in [7, 11) is 1.89. The van der Waals surface area contributed by atoms with Crippen LogP contribution in [-0.4, -0.2) is 25.0 Å². The maximum atomic E-state index is 12.9. The van der Waals surface area contributed by atoms with Crippen molar-refractivity contribution in [3.05, 3.63) is 30.1 Å². The van der Waals surface area contributed by atoms with Gasteiger partial charge in [0, 0.05) is 30.1 Å². The molecule has 1 atom stereocenters. The zero-order chi connectivity index (χ0) is 13.3. The third-order valence-electron chi connectivity index (χ3n) is 3.78. The molecule has 18 heavy (non-hydrogen) atoms. The topological polar surface area (TPSA) is 32.3 Å². The van der Waals surface area contributed by atoms with E-state index >= 15 is 0 Å². The predicted octanol–water partition coefficient (Wildman–Crippen LogP) is 2.18. The lowest BCUT2D eigenvalue weighted by Gasteiger charge is -2.36. The predicted molar refractivity (Wildman–Crippen MR) is 70.0 cm³/mol. The summed E-state index contributed by atoms with van der Waals surface area (Å²) in [5, 5.41) is 3.13. The lowest BCUT2D eigenvalue weighted by atomic mass is 9.88. The van der Waals surface area contributed by atoms with Crippen molar-refractivity contribution in [3.8, 4) is 0 Å². The van der Waals surface area contributed by atoms with Crippen molar-refractivity contribution in [2.24, 2.45) is 5.92 Å². The monoisotopic (exact) mass is 250 g/mol. The fraction of sp³-hybridized carbons (Fsp3) is 0.500. The molecular weight excluding hydrogens is 231 g/mol. The number of anilines is 1. The first-order chi connectivity index (χ1) is 8.46. The third kappa shape index (κ3) is 2.12. The van der Waals surface area contributed by atoms with Gasteiger partial charge in [0.05, 0.1) is 0 Å². The highest BCUT2D eigenvalue weighted by molar-refractivity contribution is 5.97. The highest BCUT2D eigenvalue weighted by Crippen LogP contribution is 2.38. The second kappa shape index (κ2) is 4.69. The van der Waals surface area contributed by atoms with Gasteiger partial charge in [0.1, 0.15) is 5.82 Å². The minimum Gasteiger partial charge on any atom is -0.319 e. The molecule has 0 saturated carbocycles. The second-order valence-electron chi connectivity index (χ2n) is 5.32. The molecule has 1 amide bonds. The summed E-state index contributed by atoms with van der Waals surface area (Å²) in [6.07, 6.45) is 0.533. The highest BCUT2D eigenvalue weighted by atomic mass is 19.1. The normalized spacial score (nSPS) is 22.6. The first-order valence-electron chi connectivity index (χ1n) is 6.20. The van der Waals surface area contributed by atoms with Gasteiger partial charge >= 0.3 is 0 Å². The van der Waals surface area contributed by atoms with E-state index in [1.165, 1.54) is 12.1 Å². The quantitative estimate of drug-likeness (QED) is 0.891. The molecule has 1 aliphatic rings. The molecule has 0 aromatic heterocycles.